The number of nitrogens with one attached hydrogen (secondary N) is 2. The summed E-state index contributed by atoms with van der Waals surface area (Å²) in [6.45, 7) is 3.72. The van der Waals surface area contributed by atoms with Crippen LogP contribution in [0.3, 0.4) is 0 Å². The number of aryl methyl sites for hydroxylation is 1. The molecule has 0 aliphatic rings. The average Bonchev–Trinajstić information content (AvgIpc) is 3.01. The number of halogens is 1. The fraction of sp³-hybridized carbons (Fsp3) is 0.500. The summed E-state index contributed by atoms with van der Waals surface area (Å²) >= 11 is 0. The molecule has 0 unspecified atom stereocenters. The van der Waals surface area contributed by atoms with Crippen molar-refractivity contribution in [3.63, 3.8) is 0 Å². The van der Waals surface area contributed by atoms with E-state index in [-0.39, 0.29) is 24.0 Å². The highest BCUT2D eigenvalue weighted by molar-refractivity contribution is 14.0. The van der Waals surface area contributed by atoms with Crippen LogP contribution in [0.4, 0.5) is 5.69 Å². The van der Waals surface area contributed by atoms with E-state index in [2.05, 4.69) is 25.8 Å². The summed E-state index contributed by atoms with van der Waals surface area (Å²) in [6.07, 6.45) is 0.867. The molecule has 0 amide bonds. The lowest BCUT2D eigenvalue weighted by molar-refractivity contribution is 0.195. The second-order valence-corrected chi connectivity index (χ2v) is 5.86. The number of guanidine groups is 1. The summed E-state index contributed by atoms with van der Waals surface area (Å²) in [5.74, 6) is 3.59. The summed E-state index contributed by atoms with van der Waals surface area (Å²) in [5, 5.41) is 14.8. The monoisotopic (exact) mass is 504 g/mol. The molecule has 10 heteroatoms. The van der Waals surface area contributed by atoms with Gasteiger partial charge in [0.25, 0.3) is 0 Å². The van der Waals surface area contributed by atoms with Gasteiger partial charge in [0.1, 0.15) is 12.4 Å². The molecule has 28 heavy (non-hydrogen) atoms. The highest BCUT2D eigenvalue weighted by Crippen LogP contribution is 2.29. The molecular formula is C18H29IN6O3. The van der Waals surface area contributed by atoms with Crippen molar-refractivity contribution in [2.45, 2.75) is 19.9 Å². The van der Waals surface area contributed by atoms with Gasteiger partial charge in [0.15, 0.2) is 23.3 Å². The maximum absolute atomic E-state index is 5.36. The highest BCUT2D eigenvalue weighted by atomic mass is 127. The second kappa shape index (κ2) is 12.4. The molecule has 0 saturated heterocycles. The largest absolute Gasteiger partial charge is 0.493 e. The molecule has 0 atom stereocenters. The summed E-state index contributed by atoms with van der Waals surface area (Å²) in [5.41, 5.74) is 0.833. The van der Waals surface area contributed by atoms with Gasteiger partial charge in [0.2, 0.25) is 0 Å². The number of hydrogen-bond acceptors (Lipinski definition) is 6. The number of nitrogens with zero attached hydrogens (tertiary/aromatic N) is 4. The minimum Gasteiger partial charge on any atom is -0.493 e. The predicted molar refractivity (Wildman–Crippen MR) is 120 cm³/mol. The summed E-state index contributed by atoms with van der Waals surface area (Å²) in [6, 6.07) is 5.60. The van der Waals surface area contributed by atoms with Gasteiger partial charge in [-0.2, -0.15) is 0 Å². The van der Waals surface area contributed by atoms with Gasteiger partial charge in [-0.05, 0) is 25.5 Å². The molecule has 0 saturated carbocycles. The first-order valence-electron chi connectivity index (χ1n) is 8.70. The lowest BCUT2D eigenvalue weighted by Gasteiger charge is -2.14. The van der Waals surface area contributed by atoms with E-state index >= 15 is 0 Å². The maximum Gasteiger partial charge on any atom is 0.196 e. The van der Waals surface area contributed by atoms with E-state index in [1.165, 1.54) is 0 Å². The van der Waals surface area contributed by atoms with Crippen LogP contribution in [0.5, 0.6) is 11.5 Å². The quantitative estimate of drug-likeness (QED) is 0.234. The molecule has 0 aliphatic carbocycles. The number of methoxy groups -OCH3 is 3. The third-order valence-electron chi connectivity index (χ3n) is 4.03. The van der Waals surface area contributed by atoms with E-state index < -0.39 is 0 Å². The molecule has 2 N–H and O–H groups in total. The molecular weight excluding hydrogens is 475 g/mol. The topological polar surface area (TPSA) is 94.8 Å². The van der Waals surface area contributed by atoms with Gasteiger partial charge in [-0.15, -0.1) is 34.2 Å². The Balaban J connectivity index is 0.00000392. The van der Waals surface area contributed by atoms with Crippen LogP contribution in [0.1, 0.15) is 18.1 Å². The zero-order valence-corrected chi connectivity index (χ0v) is 19.3. The first-order valence-corrected chi connectivity index (χ1v) is 8.70. The minimum atomic E-state index is 0. The Kier molecular flexibility index (Phi) is 10.6. The number of hydrogen-bond donors (Lipinski definition) is 2. The number of aromatic nitrogens is 3. The molecule has 0 aliphatic heterocycles. The van der Waals surface area contributed by atoms with Gasteiger partial charge in [0.05, 0.1) is 14.2 Å². The number of anilines is 1. The van der Waals surface area contributed by atoms with Gasteiger partial charge in [-0.25, -0.2) is 4.99 Å². The van der Waals surface area contributed by atoms with Crippen molar-refractivity contribution in [3.8, 4) is 11.5 Å². The average molecular weight is 504 g/mol. The zero-order valence-electron chi connectivity index (χ0n) is 17.0. The molecule has 1 aromatic carbocycles. The van der Waals surface area contributed by atoms with Crippen molar-refractivity contribution in [2.75, 3.05) is 39.8 Å². The van der Waals surface area contributed by atoms with Crippen molar-refractivity contribution in [3.05, 3.63) is 29.8 Å². The second-order valence-electron chi connectivity index (χ2n) is 5.86. The van der Waals surface area contributed by atoms with Gasteiger partial charge in [0, 0.05) is 39.1 Å². The molecule has 1 aromatic heterocycles. The van der Waals surface area contributed by atoms with E-state index in [4.69, 9.17) is 14.2 Å². The van der Waals surface area contributed by atoms with E-state index in [0.717, 1.165) is 30.3 Å². The Bertz CT molecular complexity index is 766. The summed E-state index contributed by atoms with van der Waals surface area (Å²) < 4.78 is 17.6. The summed E-state index contributed by atoms with van der Waals surface area (Å²) in [7, 11) is 6.83. The van der Waals surface area contributed by atoms with Crippen LogP contribution in [0, 0.1) is 6.92 Å². The fourth-order valence-corrected chi connectivity index (χ4v) is 2.35. The molecule has 156 valence electrons. The first-order chi connectivity index (χ1) is 13.1. The van der Waals surface area contributed by atoms with Crippen LogP contribution in [0.15, 0.2) is 23.2 Å². The van der Waals surface area contributed by atoms with Crippen LogP contribution in [0.25, 0.3) is 0 Å². The lowest BCUT2D eigenvalue weighted by Crippen LogP contribution is -2.32. The standard InChI is InChI=1S/C18H28N6O3.HI/c1-13-22-23-17(24(13)2)12-20-18(19-9-6-10-25-3)21-14-7-8-15(26-4)16(11-14)27-5;/h7-8,11H,6,9-10,12H2,1-5H3,(H2,19,20,21);1H. The molecule has 0 spiro atoms. The van der Waals surface area contributed by atoms with Crippen LogP contribution in [0.2, 0.25) is 0 Å². The van der Waals surface area contributed by atoms with Crippen molar-refractivity contribution in [1.82, 2.24) is 20.1 Å². The molecule has 0 fully saturated rings. The van der Waals surface area contributed by atoms with Gasteiger partial charge >= 0.3 is 0 Å². The number of benzene rings is 1. The van der Waals surface area contributed by atoms with E-state index in [1.807, 2.05) is 36.7 Å². The molecule has 0 radical (unpaired) electrons. The number of ether oxygens (including phenoxy) is 3. The third-order valence-corrected chi connectivity index (χ3v) is 4.03. The molecule has 1 heterocycles. The van der Waals surface area contributed by atoms with Crippen LogP contribution >= 0.6 is 24.0 Å². The third kappa shape index (κ3) is 6.82. The maximum atomic E-state index is 5.36. The molecule has 0 bridgehead atoms. The number of rotatable bonds is 9. The first kappa shape index (κ1) is 24.0. The fourth-order valence-electron chi connectivity index (χ4n) is 2.35. The minimum absolute atomic E-state index is 0. The van der Waals surface area contributed by atoms with Crippen molar-refractivity contribution in [2.24, 2.45) is 12.0 Å². The smallest absolute Gasteiger partial charge is 0.196 e. The van der Waals surface area contributed by atoms with Crippen LogP contribution < -0.4 is 20.1 Å². The molecule has 2 rings (SSSR count). The Labute approximate surface area is 182 Å². The predicted octanol–water partition coefficient (Wildman–Crippen LogP) is 2.35. The molecule has 2 aromatic rings. The number of aliphatic imine (C=N–C) groups is 1. The Morgan fingerprint density at radius 3 is 2.50 bits per heavy atom. The Hall–Kier alpha value is -2.08. The molecule has 9 nitrogen and oxygen atoms in total. The highest BCUT2D eigenvalue weighted by Gasteiger charge is 2.08. The SMILES string of the molecule is COCCCNC(=NCc1nnc(C)n1C)Nc1ccc(OC)c(OC)c1.I. The van der Waals surface area contributed by atoms with E-state index in [0.29, 0.717) is 30.6 Å². The van der Waals surface area contributed by atoms with Gasteiger partial charge < -0.3 is 29.4 Å². The van der Waals surface area contributed by atoms with Gasteiger partial charge in [-0.3, -0.25) is 0 Å². The van der Waals surface area contributed by atoms with Crippen molar-refractivity contribution < 1.29 is 14.2 Å². The van der Waals surface area contributed by atoms with Crippen molar-refractivity contribution in [1.29, 1.82) is 0 Å². The Morgan fingerprint density at radius 1 is 1.14 bits per heavy atom. The lowest BCUT2D eigenvalue weighted by atomic mass is 10.2. The normalized spacial score (nSPS) is 11.0. The van der Waals surface area contributed by atoms with Gasteiger partial charge in [-0.1, -0.05) is 0 Å². The Morgan fingerprint density at radius 2 is 1.89 bits per heavy atom. The summed E-state index contributed by atoms with van der Waals surface area (Å²) in [4.78, 5) is 4.62. The van der Waals surface area contributed by atoms with E-state index in [9.17, 15) is 0 Å². The van der Waals surface area contributed by atoms with E-state index in [1.54, 1.807) is 21.3 Å². The zero-order chi connectivity index (χ0) is 19.6. The van der Waals surface area contributed by atoms with Crippen LogP contribution in [-0.2, 0) is 18.3 Å². The van der Waals surface area contributed by atoms with Crippen molar-refractivity contribution >= 4 is 35.6 Å². The van der Waals surface area contributed by atoms with Crippen LogP contribution in [-0.4, -0.2) is 55.2 Å².